The molecule has 3 rings (SSSR count). The minimum absolute atomic E-state index is 0.337. The van der Waals surface area contributed by atoms with Crippen LogP contribution < -0.4 is 11.1 Å². The molecule has 0 amide bonds. The minimum Gasteiger partial charge on any atom is -0.425 e. The van der Waals surface area contributed by atoms with Crippen LogP contribution in [0.25, 0.3) is 11.0 Å². The third kappa shape index (κ3) is 1.31. The highest BCUT2D eigenvalue weighted by Gasteiger charge is 2.20. The maximum Gasteiger partial charge on any atom is 0.348 e. The number of rotatable bonds is 0. The lowest BCUT2D eigenvalue weighted by atomic mass is 10.1. The van der Waals surface area contributed by atoms with Crippen LogP contribution in [0.3, 0.4) is 0 Å². The van der Waals surface area contributed by atoms with Gasteiger partial charge in [0.05, 0.1) is 5.52 Å². The highest BCUT2D eigenvalue weighted by Crippen LogP contribution is 2.26. The van der Waals surface area contributed by atoms with Crippen LogP contribution in [0.15, 0.2) is 21.7 Å². The van der Waals surface area contributed by atoms with Crippen LogP contribution >= 0.6 is 0 Å². The van der Waals surface area contributed by atoms with Crippen molar-refractivity contribution in [2.75, 3.05) is 7.05 Å². The molecule has 2 N–H and O–H groups in total. The fourth-order valence-corrected chi connectivity index (χ4v) is 2.31. The van der Waals surface area contributed by atoms with Gasteiger partial charge in [0.15, 0.2) is 0 Å². The number of aromatic nitrogens is 2. The van der Waals surface area contributed by atoms with Crippen molar-refractivity contribution >= 4 is 11.0 Å². The Morgan fingerprint density at radius 2 is 2.06 bits per heavy atom. The highest BCUT2D eigenvalue weighted by molar-refractivity contribution is 5.79. The Hall–Kier alpha value is -2.08. The van der Waals surface area contributed by atoms with Crippen molar-refractivity contribution < 1.29 is 5.21 Å². The molecule has 1 aliphatic rings. The van der Waals surface area contributed by atoms with E-state index in [1.165, 1.54) is 0 Å². The summed E-state index contributed by atoms with van der Waals surface area (Å²) in [6.07, 6.45) is 0. The predicted molar refractivity (Wildman–Crippen MR) is 61.2 cm³/mol. The van der Waals surface area contributed by atoms with Gasteiger partial charge in [-0.1, -0.05) is 6.07 Å². The molecule has 0 radical (unpaired) electrons. The van der Waals surface area contributed by atoms with E-state index in [1.807, 2.05) is 13.1 Å². The quantitative estimate of drug-likeness (QED) is 0.491. The van der Waals surface area contributed by atoms with Gasteiger partial charge in [-0.2, -0.15) is 0 Å². The van der Waals surface area contributed by atoms with Gasteiger partial charge in [0.25, 0.3) is 0 Å². The molecule has 17 heavy (non-hydrogen) atoms. The molecule has 1 aromatic carbocycles. The molecule has 0 spiro atoms. The van der Waals surface area contributed by atoms with E-state index in [1.54, 1.807) is 6.07 Å². The lowest BCUT2D eigenvalue weighted by Crippen LogP contribution is -2.35. The summed E-state index contributed by atoms with van der Waals surface area (Å²) >= 11 is 0. The molecule has 0 fully saturated rings. The van der Waals surface area contributed by atoms with E-state index in [0.717, 1.165) is 17.7 Å². The second kappa shape index (κ2) is 3.21. The summed E-state index contributed by atoms with van der Waals surface area (Å²) in [6, 6.07) is 3.51. The lowest BCUT2D eigenvalue weighted by molar-refractivity contribution is 0.186. The van der Waals surface area contributed by atoms with Crippen LogP contribution in [0, 0.1) is 0 Å². The van der Waals surface area contributed by atoms with Crippen molar-refractivity contribution in [3.63, 3.8) is 0 Å². The van der Waals surface area contributed by atoms with Gasteiger partial charge in [-0.05, 0) is 24.2 Å². The number of fused-ring (bicyclic) bond motifs is 3. The zero-order valence-corrected chi connectivity index (χ0v) is 9.23. The first-order valence-corrected chi connectivity index (χ1v) is 5.25. The number of nitrogens with one attached hydrogen (secondary N) is 1. The molecule has 1 aliphatic heterocycles. The Balaban J connectivity index is 2.47. The minimum atomic E-state index is -0.955. The summed E-state index contributed by atoms with van der Waals surface area (Å²) < 4.78 is 0.409. The third-order valence-corrected chi connectivity index (χ3v) is 3.11. The molecule has 6 nitrogen and oxygen atoms in total. The van der Waals surface area contributed by atoms with Crippen LogP contribution in [-0.2, 0) is 13.1 Å². The summed E-state index contributed by atoms with van der Waals surface area (Å²) in [5.41, 5.74) is 1.19. The number of hydrogen-bond donors (Lipinski definition) is 2. The number of nitrogens with zero attached hydrogens (tertiary/aromatic N) is 2. The SMILES string of the molecule is CN1Cc2ccc3c([nH]c(=O)c(=O)n3O)c2C1. The van der Waals surface area contributed by atoms with E-state index in [4.69, 9.17) is 0 Å². The first-order valence-electron chi connectivity index (χ1n) is 5.25. The van der Waals surface area contributed by atoms with E-state index in [0.29, 0.717) is 22.3 Å². The van der Waals surface area contributed by atoms with Gasteiger partial charge >= 0.3 is 11.1 Å². The maximum absolute atomic E-state index is 11.4. The van der Waals surface area contributed by atoms with Gasteiger partial charge in [0.1, 0.15) is 5.52 Å². The van der Waals surface area contributed by atoms with E-state index >= 15 is 0 Å². The summed E-state index contributed by atoms with van der Waals surface area (Å²) in [6.45, 7) is 1.50. The summed E-state index contributed by atoms with van der Waals surface area (Å²) in [5, 5.41) is 9.61. The number of H-pyrrole nitrogens is 1. The van der Waals surface area contributed by atoms with E-state index in [2.05, 4.69) is 9.88 Å². The second-order valence-corrected chi connectivity index (χ2v) is 4.34. The van der Waals surface area contributed by atoms with Crippen LogP contribution in [0.4, 0.5) is 0 Å². The van der Waals surface area contributed by atoms with Crippen LogP contribution in [0.5, 0.6) is 0 Å². The maximum atomic E-state index is 11.4. The number of benzene rings is 1. The van der Waals surface area contributed by atoms with Crippen molar-refractivity contribution in [1.82, 2.24) is 14.6 Å². The van der Waals surface area contributed by atoms with Gasteiger partial charge in [-0.3, -0.25) is 14.5 Å². The fourth-order valence-electron chi connectivity index (χ4n) is 2.31. The molecule has 0 saturated carbocycles. The smallest absolute Gasteiger partial charge is 0.348 e. The fraction of sp³-hybridized carbons (Fsp3) is 0.273. The van der Waals surface area contributed by atoms with Crippen LogP contribution in [-0.4, -0.2) is 26.9 Å². The van der Waals surface area contributed by atoms with Gasteiger partial charge < -0.3 is 10.2 Å². The monoisotopic (exact) mass is 233 g/mol. The van der Waals surface area contributed by atoms with Crippen molar-refractivity contribution in [3.8, 4) is 0 Å². The molecule has 2 heterocycles. The zero-order valence-electron chi connectivity index (χ0n) is 9.23. The number of hydrogen-bond acceptors (Lipinski definition) is 4. The summed E-state index contributed by atoms with van der Waals surface area (Å²) in [4.78, 5) is 27.3. The molecule has 0 aliphatic carbocycles. The topological polar surface area (TPSA) is 78.3 Å². The molecule has 88 valence electrons. The van der Waals surface area contributed by atoms with Crippen molar-refractivity contribution in [2.24, 2.45) is 0 Å². The normalized spacial score (nSPS) is 15.4. The van der Waals surface area contributed by atoms with Crippen molar-refractivity contribution in [2.45, 2.75) is 13.1 Å². The molecular formula is C11H11N3O3. The molecular weight excluding hydrogens is 222 g/mol. The Kier molecular flexibility index (Phi) is 1.90. The van der Waals surface area contributed by atoms with E-state index < -0.39 is 11.1 Å². The third-order valence-electron chi connectivity index (χ3n) is 3.11. The van der Waals surface area contributed by atoms with Gasteiger partial charge in [-0.15, -0.1) is 4.73 Å². The number of aromatic amines is 1. The van der Waals surface area contributed by atoms with E-state index in [-0.39, 0.29) is 0 Å². The Morgan fingerprint density at radius 1 is 1.29 bits per heavy atom. The van der Waals surface area contributed by atoms with Gasteiger partial charge in [0, 0.05) is 13.1 Å². The Bertz CT molecular complexity index is 729. The Labute approximate surface area is 95.7 Å². The predicted octanol–water partition coefficient (Wildman–Crippen LogP) is -0.128. The average Bonchev–Trinajstić information content (AvgIpc) is 2.67. The molecule has 6 heteroatoms. The molecule has 2 aromatic rings. The van der Waals surface area contributed by atoms with Gasteiger partial charge in [-0.25, -0.2) is 0 Å². The largest absolute Gasteiger partial charge is 0.425 e. The lowest BCUT2D eigenvalue weighted by Gasteiger charge is -2.06. The Morgan fingerprint density at radius 3 is 2.82 bits per heavy atom. The molecule has 0 saturated heterocycles. The summed E-state index contributed by atoms with van der Waals surface area (Å²) in [5.74, 6) is 0. The molecule has 1 aromatic heterocycles. The van der Waals surface area contributed by atoms with Crippen molar-refractivity contribution in [3.05, 3.63) is 44.0 Å². The highest BCUT2D eigenvalue weighted by atomic mass is 16.5. The first kappa shape index (κ1) is 10.1. The van der Waals surface area contributed by atoms with Crippen molar-refractivity contribution in [1.29, 1.82) is 0 Å². The molecule has 0 unspecified atom stereocenters. The average molecular weight is 233 g/mol. The first-order chi connectivity index (χ1) is 8.08. The van der Waals surface area contributed by atoms with E-state index in [9.17, 15) is 14.8 Å². The second-order valence-electron chi connectivity index (χ2n) is 4.34. The summed E-state index contributed by atoms with van der Waals surface area (Å²) in [7, 11) is 1.97. The van der Waals surface area contributed by atoms with Crippen LogP contribution in [0.1, 0.15) is 11.1 Å². The standard InChI is InChI=1S/C11H11N3O3/c1-13-4-6-2-3-8-9(7(6)5-13)12-10(15)11(16)14(8)17/h2-3,17H,4-5H2,1H3,(H,12,15). The van der Waals surface area contributed by atoms with Crippen LogP contribution in [0.2, 0.25) is 0 Å². The zero-order chi connectivity index (χ0) is 12.2. The van der Waals surface area contributed by atoms with Gasteiger partial charge in [0.2, 0.25) is 0 Å². The molecule has 0 atom stereocenters. The molecule has 0 bridgehead atoms.